The number of aliphatic hydroxyl groups is 1. The van der Waals surface area contributed by atoms with Gasteiger partial charge in [0.05, 0.1) is 12.6 Å². The van der Waals surface area contributed by atoms with Crippen LogP contribution in [-0.2, 0) is 78.4 Å². The van der Waals surface area contributed by atoms with Gasteiger partial charge >= 0.3 is 6.03 Å². The molecule has 0 aliphatic heterocycles. The van der Waals surface area contributed by atoms with Crippen LogP contribution in [0.3, 0.4) is 0 Å². The summed E-state index contributed by atoms with van der Waals surface area (Å²) < 4.78 is 0. The number of nitrogens with zero attached hydrogens (tertiary/aromatic N) is 2. The summed E-state index contributed by atoms with van der Waals surface area (Å²) in [5, 5.41) is 47.8. The zero-order valence-electron chi connectivity index (χ0n) is 59.0. The van der Waals surface area contributed by atoms with Crippen LogP contribution in [0, 0.1) is 11.8 Å². The number of hydrogen-bond donors (Lipinski definition) is 15. The lowest BCUT2D eigenvalue weighted by Gasteiger charge is -2.32. The normalized spacial score (nSPS) is 15.8. The minimum Gasteiger partial charge on any atom is -0.508 e. The van der Waals surface area contributed by atoms with E-state index in [9.17, 15) is 63.0 Å². The van der Waals surface area contributed by atoms with E-state index in [0.29, 0.717) is 59.4 Å². The Bertz CT molecular complexity index is 3810. The van der Waals surface area contributed by atoms with Crippen molar-refractivity contribution in [3.05, 3.63) is 149 Å². The van der Waals surface area contributed by atoms with E-state index in [2.05, 4.69) is 52.8 Å². The number of rotatable bonds is 41. The third kappa shape index (κ3) is 26.3. The summed E-state index contributed by atoms with van der Waals surface area (Å²) in [6.07, 6.45) is 2.03. The molecule has 29 nitrogen and oxygen atoms in total. The fourth-order valence-corrected chi connectivity index (χ4v) is 12.5. The minimum absolute atomic E-state index is 0.0157. The number of Topliss-reactive ketones (excluding diaryl/α,β-unsaturated/α-hetero) is 1. The van der Waals surface area contributed by atoms with Crippen molar-refractivity contribution in [3.63, 3.8) is 0 Å². The molecule has 5 aromatic rings. The van der Waals surface area contributed by atoms with Crippen molar-refractivity contribution in [2.75, 3.05) is 26.7 Å². The Morgan fingerprint density at radius 3 is 1.62 bits per heavy atom. The molecule has 1 fully saturated rings. The van der Waals surface area contributed by atoms with Crippen molar-refractivity contribution >= 4 is 99.2 Å². The summed E-state index contributed by atoms with van der Waals surface area (Å²) in [7, 11) is 1.23. The highest BCUT2D eigenvalue weighted by molar-refractivity contribution is 6.30. The quantitative estimate of drug-likeness (QED) is 0.0151. The van der Waals surface area contributed by atoms with Crippen LogP contribution in [0.4, 0.5) is 4.79 Å². The number of guanidine groups is 1. The molecule has 104 heavy (non-hydrogen) atoms. The number of likely N-dealkylation sites (N-methyl/N-ethyl adjacent to an activating group) is 1. The zero-order valence-corrected chi connectivity index (χ0v) is 59.8. The fraction of sp³-hybridized carbons (Fsp3) is 0.446. The van der Waals surface area contributed by atoms with Crippen molar-refractivity contribution in [1.29, 1.82) is 0 Å². The summed E-state index contributed by atoms with van der Waals surface area (Å²) in [5.41, 5.74) is 24.1. The minimum atomic E-state index is -1.81. The third-order valence-electron chi connectivity index (χ3n) is 18.1. The van der Waals surface area contributed by atoms with Gasteiger partial charge in [0.1, 0.15) is 54.1 Å². The van der Waals surface area contributed by atoms with Crippen LogP contribution < -0.4 is 70.8 Å². The number of halogens is 1. The van der Waals surface area contributed by atoms with Crippen LogP contribution in [0.15, 0.2) is 126 Å². The number of hydrogen-bond acceptors (Lipinski definition) is 15. The Kier molecular flexibility index (Phi) is 32.8. The maximum atomic E-state index is 15.2. The molecular formula is C74H98ClN15O14. The van der Waals surface area contributed by atoms with Gasteiger partial charge in [-0.05, 0) is 116 Å². The largest absolute Gasteiger partial charge is 0.508 e. The molecule has 0 spiro atoms. The summed E-state index contributed by atoms with van der Waals surface area (Å²) in [6.45, 7) is 3.63. The van der Waals surface area contributed by atoms with Crippen molar-refractivity contribution in [2.45, 2.75) is 171 Å². The highest BCUT2D eigenvalue weighted by atomic mass is 35.5. The van der Waals surface area contributed by atoms with E-state index >= 15 is 4.79 Å². The molecule has 5 aromatic carbocycles. The molecule has 1 aliphatic rings. The number of unbranched alkanes of at least 4 members (excludes halogenated alkanes) is 2. The second kappa shape index (κ2) is 41.4. The molecule has 6 rings (SSSR count). The van der Waals surface area contributed by atoms with Gasteiger partial charge in [0.25, 0.3) is 0 Å². The van der Waals surface area contributed by atoms with Crippen molar-refractivity contribution in [1.82, 2.24) is 52.8 Å². The van der Waals surface area contributed by atoms with E-state index in [1.165, 1.54) is 45.2 Å². The van der Waals surface area contributed by atoms with E-state index in [4.69, 9.17) is 34.5 Å². The molecule has 1 unspecified atom stereocenters. The number of phenolic OH excluding ortho intramolecular Hbond substituents is 1. The van der Waals surface area contributed by atoms with Crippen LogP contribution >= 0.6 is 11.6 Å². The average molecular weight is 1460 g/mol. The molecule has 19 N–H and O–H groups in total. The van der Waals surface area contributed by atoms with Crippen molar-refractivity contribution in [3.8, 4) is 5.75 Å². The van der Waals surface area contributed by atoms with Crippen LogP contribution in [0.5, 0.6) is 5.75 Å². The van der Waals surface area contributed by atoms with E-state index < -0.39 is 144 Å². The summed E-state index contributed by atoms with van der Waals surface area (Å²) in [6, 6.07) is 20.6. The third-order valence-corrected chi connectivity index (χ3v) is 18.3. The number of benzene rings is 5. The van der Waals surface area contributed by atoms with Crippen molar-refractivity contribution < 1.29 is 67.7 Å². The van der Waals surface area contributed by atoms with Gasteiger partial charge in [-0.1, -0.05) is 135 Å². The molecule has 0 aromatic heterocycles. The molecule has 0 saturated heterocycles. The lowest BCUT2D eigenvalue weighted by atomic mass is 9.86. The second-order valence-electron chi connectivity index (χ2n) is 26.1. The van der Waals surface area contributed by atoms with E-state index in [1.807, 2.05) is 49.4 Å². The number of ketones is 1. The van der Waals surface area contributed by atoms with Gasteiger partial charge in [0.15, 0.2) is 11.7 Å². The SMILES string of the molecule is CCCC[C@H](NC(=O)[C@@H](CCCCNC(N)=O)NC(=O)[C@H](Cc1ccc(O)cc1)N(C)C(=O)[C@H](CO)NC(=O)[C@@H](Cc1ccccc1)NC(=O)[C@@H](Cc1ccc(Cl)cc1)NC(=O)[C@@H](Cc1ccc2ccccc2c1)NC(C)=O)C(=O)N[C@@H](CCCN=C(N)N)C(=O)C1CCC[C@H]1C(=O)N[C@H](C)C(N)=O. The predicted octanol–water partition coefficient (Wildman–Crippen LogP) is 1.76. The molecule has 0 heterocycles. The van der Waals surface area contributed by atoms with Gasteiger partial charge in [0, 0.05) is 69.6 Å². The number of fused-ring (bicyclic) bond motifs is 1. The zero-order chi connectivity index (χ0) is 76.0. The van der Waals surface area contributed by atoms with Gasteiger partial charge in [0.2, 0.25) is 59.1 Å². The number of aromatic hydroxyl groups is 1. The van der Waals surface area contributed by atoms with Gasteiger partial charge in [-0.15, -0.1) is 0 Å². The Balaban J connectivity index is 1.28. The van der Waals surface area contributed by atoms with Gasteiger partial charge in [-0.25, -0.2) is 4.79 Å². The number of primary amides is 2. The second-order valence-corrected chi connectivity index (χ2v) is 26.5. The first kappa shape index (κ1) is 82.3. The van der Waals surface area contributed by atoms with Crippen LogP contribution in [0.1, 0.15) is 114 Å². The maximum Gasteiger partial charge on any atom is 0.312 e. The number of carbonyl (C=O) groups excluding carboxylic acids is 12. The van der Waals surface area contributed by atoms with Crippen molar-refractivity contribution in [2.24, 2.45) is 39.8 Å². The average Bonchev–Trinajstić information content (AvgIpc) is 1.53. The molecule has 12 amide bonds. The molecule has 560 valence electrons. The highest BCUT2D eigenvalue weighted by Gasteiger charge is 2.43. The highest BCUT2D eigenvalue weighted by Crippen LogP contribution is 2.34. The number of urea groups is 1. The first-order valence-corrected chi connectivity index (χ1v) is 35.3. The first-order chi connectivity index (χ1) is 49.6. The van der Waals surface area contributed by atoms with E-state index in [0.717, 1.165) is 15.7 Å². The molecule has 30 heteroatoms. The summed E-state index contributed by atoms with van der Waals surface area (Å²) in [5.74, 6) is -10.5. The fourth-order valence-electron chi connectivity index (χ4n) is 12.3. The molecule has 0 radical (unpaired) electrons. The van der Waals surface area contributed by atoms with Gasteiger partial charge < -0.3 is 85.9 Å². The van der Waals surface area contributed by atoms with Gasteiger partial charge in [-0.3, -0.25) is 57.7 Å². The number of carbonyl (C=O) groups is 12. The molecular weight excluding hydrogens is 1360 g/mol. The smallest absolute Gasteiger partial charge is 0.312 e. The number of aliphatic hydroxyl groups excluding tert-OH is 1. The van der Waals surface area contributed by atoms with Gasteiger partial charge in [-0.2, -0.15) is 0 Å². The molecule has 1 aliphatic carbocycles. The number of amides is 12. The summed E-state index contributed by atoms with van der Waals surface area (Å²) >= 11 is 6.25. The number of aliphatic imine (C=N–C) groups is 1. The molecule has 11 atom stereocenters. The van der Waals surface area contributed by atoms with E-state index in [-0.39, 0.29) is 89.0 Å². The van der Waals surface area contributed by atoms with Crippen LogP contribution in [0.2, 0.25) is 5.02 Å². The Morgan fingerprint density at radius 1 is 0.538 bits per heavy atom. The first-order valence-electron chi connectivity index (χ1n) is 34.9. The lowest BCUT2D eigenvalue weighted by molar-refractivity contribution is -0.144. The maximum absolute atomic E-state index is 15.2. The number of phenols is 1. The molecule has 0 bridgehead atoms. The van der Waals surface area contributed by atoms with Crippen LogP contribution in [-0.4, -0.2) is 173 Å². The van der Waals surface area contributed by atoms with Crippen LogP contribution in [0.25, 0.3) is 10.8 Å². The Hall–Kier alpha value is -10.7. The summed E-state index contributed by atoms with van der Waals surface area (Å²) in [4.78, 5) is 173. The van der Waals surface area contributed by atoms with E-state index in [1.54, 1.807) is 54.6 Å². The number of nitrogens with two attached hydrogens (primary N) is 4. The Labute approximate surface area is 609 Å². The Morgan fingerprint density at radius 2 is 1.03 bits per heavy atom. The topological polar surface area (TPSA) is 473 Å². The predicted molar refractivity (Wildman–Crippen MR) is 391 cm³/mol. The molecule has 1 saturated carbocycles. The lowest BCUT2D eigenvalue weighted by Crippen LogP contribution is -2.61. The monoisotopic (exact) mass is 1460 g/mol. The number of nitrogens with one attached hydrogen (secondary N) is 9. The standard InChI is InChI=1S/C74H98ClN15O14/c1-5-6-22-56(66(97)84-55(24-15-36-80-73(77)78)63(94)53-20-14-21-54(53)65(96)82-43(2)64(76)95)85-67(98)57(23-12-13-35-81-74(79)104)86-71(102)62(41-47-28-33-52(93)34-29-47)90(4)72(103)61(42-91)89-70(101)59(38-45-16-8-7-9-17-45)88-69(100)60(39-46-26-31-51(75)32-27-46)87-68(99)58(83-44(3)92)40-48-25-30-49-18-10-11-19-50(49)37-48/h7-11,16-19,25-34,37,43,53-62,91,93H,5-6,12-15,20-24,35-36,38-42H2,1-4H3,(H2,76,95)(H,82,96)(H,83,92)(H,84,97)(H,85,98)(H,86,102)(H,87,99)(H,88,100)(H,89,101)(H4,77,78,80)(H3,79,81,104)/t43-,53?,54-,55+,56+,57-,58-,59-,60-,61+,62+/m1/s1.